The Balaban J connectivity index is 0.000000245. The summed E-state index contributed by atoms with van der Waals surface area (Å²) in [5.74, 6) is 2.44. The normalized spacial score (nSPS) is 19.8. The van der Waals surface area contributed by atoms with Crippen LogP contribution in [0.4, 0.5) is 0 Å². The van der Waals surface area contributed by atoms with E-state index in [0.717, 1.165) is 35.9 Å². The average molecular weight is 916 g/mol. The number of rotatable bonds is 15. The summed E-state index contributed by atoms with van der Waals surface area (Å²) in [6, 6.07) is 4.41. The third-order valence-electron chi connectivity index (χ3n) is 10.5. The lowest BCUT2D eigenvalue weighted by Gasteiger charge is -2.38. The maximum atomic E-state index is 12.3. The average Bonchev–Trinajstić information content (AvgIpc) is 3.80. The molecule has 6 rings (SSSR count). The van der Waals surface area contributed by atoms with E-state index in [2.05, 4.69) is 41.6 Å². The van der Waals surface area contributed by atoms with Crippen molar-refractivity contribution in [2.75, 3.05) is 31.1 Å². The molecule has 3 fully saturated rings. The van der Waals surface area contributed by atoms with E-state index in [-0.39, 0.29) is 76.4 Å². The van der Waals surface area contributed by atoms with Crippen LogP contribution in [-0.2, 0) is 69.9 Å². The number of carbonyl (C=O) groups is 3. The summed E-state index contributed by atoms with van der Waals surface area (Å²) in [5.41, 5.74) is 1.49. The van der Waals surface area contributed by atoms with Gasteiger partial charge in [-0.1, -0.05) is 91.6 Å². The minimum Gasteiger partial charge on any atom is -0.361 e. The van der Waals surface area contributed by atoms with E-state index in [1.165, 1.54) is 8.61 Å². The second kappa shape index (κ2) is 20.9. The van der Waals surface area contributed by atoms with Crippen molar-refractivity contribution in [3.63, 3.8) is 0 Å². The highest BCUT2D eigenvalue weighted by Gasteiger charge is 2.42. The summed E-state index contributed by atoms with van der Waals surface area (Å²) in [5, 5.41) is 14.9. The topological polar surface area (TPSA) is 216 Å². The number of halogens is 1. The van der Waals surface area contributed by atoms with Gasteiger partial charge in [-0.25, -0.2) is 16.8 Å². The van der Waals surface area contributed by atoms with Gasteiger partial charge in [0.05, 0.1) is 66.0 Å². The number of hydrogen-bond acceptors (Lipinski definition) is 14. The number of aromatic nitrogens is 3. The lowest BCUT2D eigenvalue weighted by molar-refractivity contribution is -0.125. The molecule has 3 aliphatic rings. The van der Waals surface area contributed by atoms with Gasteiger partial charge < -0.3 is 18.9 Å². The number of ketones is 3. The first kappa shape index (κ1) is 52.1. The maximum Gasteiger partial charge on any atom is 0.214 e. The zero-order valence-corrected chi connectivity index (χ0v) is 40.1. The highest BCUT2D eigenvalue weighted by atomic mass is 35.5. The fourth-order valence-electron chi connectivity index (χ4n) is 6.49. The van der Waals surface area contributed by atoms with E-state index < -0.39 is 32.1 Å². The zero-order chi connectivity index (χ0) is 44.8. The molecule has 0 bridgehead atoms. The summed E-state index contributed by atoms with van der Waals surface area (Å²) in [7, 11) is -6.62. The molecule has 1 N–H and O–H groups in total. The Hall–Kier alpha value is -3.29. The molecule has 3 aromatic rings. The highest BCUT2D eigenvalue weighted by Crippen LogP contribution is 2.29. The van der Waals surface area contributed by atoms with E-state index in [1.54, 1.807) is 12.1 Å². The maximum absolute atomic E-state index is 12.3. The van der Waals surface area contributed by atoms with E-state index in [9.17, 15) is 31.2 Å². The number of Topliss-reactive ketones (excluding diaryl/α,β-unsaturated/α-hetero) is 3. The van der Waals surface area contributed by atoms with Crippen LogP contribution in [0.1, 0.15) is 143 Å². The first-order chi connectivity index (χ1) is 27.8. The van der Waals surface area contributed by atoms with Gasteiger partial charge >= 0.3 is 0 Å². The Bertz CT molecular complexity index is 2040. The molecule has 6 heterocycles. The summed E-state index contributed by atoms with van der Waals surface area (Å²) in [6.07, 6.45) is 3.83. The summed E-state index contributed by atoms with van der Waals surface area (Å²) in [6.45, 7) is 23.7. The van der Waals surface area contributed by atoms with Crippen molar-refractivity contribution in [3.05, 3.63) is 52.6 Å². The van der Waals surface area contributed by atoms with Gasteiger partial charge in [0.1, 0.15) is 17.3 Å². The van der Waals surface area contributed by atoms with Crippen molar-refractivity contribution < 1.29 is 44.8 Å². The predicted octanol–water partition coefficient (Wildman–Crippen LogP) is 5.66. The monoisotopic (exact) mass is 914 g/mol. The third kappa shape index (κ3) is 14.1. The van der Waals surface area contributed by atoms with E-state index in [1.807, 2.05) is 61.5 Å². The SMILES string of the molecule is CC(C)(C)c1cc(CC(=O)[C@@H]2CCN2)no1.CCCS(=O)(=O)N1CC[C@H]1C(=O)Cc1cc(C(C)(C)C)on1.CCCS(=O)(=O)N1CC[C@H]1C(=O)Cc1cc(C(C)(C)C)on1.Cl. The largest absolute Gasteiger partial charge is 0.361 e. The number of hydrogen-bond donors (Lipinski definition) is 1. The molecule has 0 aromatic carbocycles. The Labute approximate surface area is 368 Å². The molecule has 0 saturated carbocycles. The lowest BCUT2D eigenvalue weighted by atomic mass is 9.92. The van der Waals surface area contributed by atoms with Crippen LogP contribution in [0, 0.1) is 0 Å². The minimum atomic E-state index is -3.31. The molecule has 0 amide bonds. The van der Waals surface area contributed by atoms with Crippen molar-refractivity contribution in [3.8, 4) is 0 Å². The molecule has 16 nitrogen and oxygen atoms in total. The van der Waals surface area contributed by atoms with Crippen LogP contribution in [0.15, 0.2) is 31.8 Å². The van der Waals surface area contributed by atoms with Crippen LogP contribution < -0.4 is 5.32 Å². The summed E-state index contributed by atoms with van der Waals surface area (Å²) in [4.78, 5) is 36.4. The molecule has 344 valence electrons. The number of nitrogens with one attached hydrogen (secondary N) is 1. The van der Waals surface area contributed by atoms with Gasteiger partial charge in [-0.2, -0.15) is 8.61 Å². The van der Waals surface area contributed by atoms with Gasteiger partial charge in [0.15, 0.2) is 17.3 Å². The molecular formula is C42H67ClN6O10S2. The number of sulfonamides is 2. The van der Waals surface area contributed by atoms with Crippen LogP contribution in [0.2, 0.25) is 0 Å². The van der Waals surface area contributed by atoms with E-state index >= 15 is 0 Å². The van der Waals surface area contributed by atoms with Crippen LogP contribution in [0.25, 0.3) is 0 Å². The van der Waals surface area contributed by atoms with Crippen LogP contribution >= 0.6 is 12.4 Å². The van der Waals surface area contributed by atoms with Gasteiger partial charge in [0, 0.05) is 47.5 Å². The van der Waals surface area contributed by atoms with E-state index in [0.29, 0.717) is 56.6 Å². The highest BCUT2D eigenvalue weighted by molar-refractivity contribution is 7.89. The van der Waals surface area contributed by atoms with Crippen molar-refractivity contribution in [1.29, 1.82) is 0 Å². The second-order valence-electron chi connectivity index (χ2n) is 19.0. The molecule has 61 heavy (non-hydrogen) atoms. The van der Waals surface area contributed by atoms with Gasteiger partial charge in [-0.05, 0) is 38.6 Å². The molecule has 0 spiro atoms. The molecule has 0 aliphatic carbocycles. The smallest absolute Gasteiger partial charge is 0.214 e. The van der Waals surface area contributed by atoms with Crippen LogP contribution in [-0.4, -0.2) is 108 Å². The first-order valence-corrected chi connectivity index (χ1v) is 24.2. The summed E-state index contributed by atoms with van der Waals surface area (Å²) < 4.78 is 66.6. The standard InChI is InChI=1S/2C15H24N2O4S.C12H18N2O2.ClH/c2*1-5-8-22(19,20)17-7-6-12(17)13(18)9-11-10-14(21-16-11)15(2,3)4;1-12(2,3)11-7-8(14-16-11)6-10(15)9-4-5-13-9;/h2*10,12H,5-9H2,1-4H3;7,9,13H,4-6H2,1-3H3;1H/t2*12-;9-;/m000./s1. The van der Waals surface area contributed by atoms with Crippen molar-refractivity contribution in [2.24, 2.45) is 0 Å². The van der Waals surface area contributed by atoms with Gasteiger partial charge in [0.2, 0.25) is 20.0 Å². The fraction of sp³-hybridized carbons (Fsp3) is 0.714. The fourth-order valence-corrected chi connectivity index (χ4v) is 9.98. The number of nitrogens with zero attached hydrogens (tertiary/aromatic N) is 5. The van der Waals surface area contributed by atoms with Crippen molar-refractivity contribution >= 4 is 49.8 Å². The third-order valence-corrected chi connectivity index (χ3v) is 14.6. The van der Waals surface area contributed by atoms with Crippen LogP contribution in [0.3, 0.4) is 0 Å². The first-order valence-electron chi connectivity index (χ1n) is 21.0. The molecule has 0 unspecified atom stereocenters. The quantitative estimate of drug-likeness (QED) is 0.195. The van der Waals surface area contributed by atoms with Crippen molar-refractivity contribution in [2.45, 2.75) is 162 Å². The molecule has 3 aliphatic heterocycles. The van der Waals surface area contributed by atoms with Gasteiger partial charge in [-0.15, -0.1) is 12.4 Å². The zero-order valence-electron chi connectivity index (χ0n) is 37.7. The lowest BCUT2D eigenvalue weighted by Crippen LogP contribution is -2.56. The minimum absolute atomic E-state index is 0. The molecule has 3 aromatic heterocycles. The summed E-state index contributed by atoms with van der Waals surface area (Å²) >= 11 is 0. The Morgan fingerprint density at radius 2 is 0.918 bits per heavy atom. The Morgan fingerprint density at radius 3 is 1.13 bits per heavy atom. The van der Waals surface area contributed by atoms with Crippen LogP contribution in [0.5, 0.6) is 0 Å². The molecule has 19 heteroatoms. The molecule has 3 atom stereocenters. The molecular weight excluding hydrogens is 848 g/mol. The molecule has 3 saturated heterocycles. The number of carbonyl (C=O) groups excluding carboxylic acids is 3. The Morgan fingerprint density at radius 1 is 0.607 bits per heavy atom. The van der Waals surface area contributed by atoms with Gasteiger partial charge in [-0.3, -0.25) is 14.4 Å². The molecule has 0 radical (unpaired) electrons. The Kier molecular flexibility index (Phi) is 17.9. The predicted molar refractivity (Wildman–Crippen MR) is 234 cm³/mol. The van der Waals surface area contributed by atoms with Gasteiger partial charge in [0.25, 0.3) is 0 Å². The second-order valence-corrected chi connectivity index (χ2v) is 23.1. The van der Waals surface area contributed by atoms with Crippen molar-refractivity contribution in [1.82, 2.24) is 29.4 Å². The van der Waals surface area contributed by atoms with E-state index in [4.69, 9.17) is 13.6 Å².